The number of aliphatic carboxylic acids is 1. The van der Waals surface area contributed by atoms with Gasteiger partial charge in [0.05, 0.1) is 5.56 Å². The molecule has 1 fully saturated rings. The summed E-state index contributed by atoms with van der Waals surface area (Å²) in [5.74, 6) is -4.20. The molecule has 3 heterocycles. The van der Waals surface area contributed by atoms with Crippen molar-refractivity contribution in [3.63, 3.8) is 0 Å². The van der Waals surface area contributed by atoms with E-state index in [4.69, 9.17) is 9.47 Å². The largest absolute Gasteiger partial charge is 0.477 e. The number of aromatic amines is 1. The number of carboxylic acids is 1. The number of esters is 2. The number of carbonyl (C=O) groups excluding carboxylic acids is 4. The molecule has 1 saturated heterocycles. The first kappa shape index (κ1) is 27.6. The smallest absolute Gasteiger partial charge is 0.352 e. The minimum atomic E-state index is -1.48. The number of fused-ring (bicyclic) bond motifs is 2. The molecule has 3 aromatic rings. The van der Waals surface area contributed by atoms with E-state index in [1.807, 2.05) is 0 Å². The number of hydrogen-bond donors (Lipinski definition) is 3. The van der Waals surface area contributed by atoms with Crippen LogP contribution < -0.4 is 10.9 Å². The lowest BCUT2D eigenvalue weighted by atomic mass is 10.0. The van der Waals surface area contributed by atoms with Gasteiger partial charge in [0, 0.05) is 40.8 Å². The number of β-lactam (4-membered cyclic amide) rings is 1. The van der Waals surface area contributed by atoms with Crippen molar-refractivity contribution in [1.29, 1.82) is 0 Å². The summed E-state index contributed by atoms with van der Waals surface area (Å²) in [4.78, 5) is 78.9. The number of thioether (sulfide) groups is 1. The predicted molar refractivity (Wildman–Crippen MR) is 145 cm³/mol. The summed E-state index contributed by atoms with van der Waals surface area (Å²) in [6.45, 7) is 0.912. The predicted octanol–water partition coefficient (Wildman–Crippen LogP) is 1.73. The van der Waals surface area contributed by atoms with Crippen LogP contribution in [0.1, 0.15) is 28.9 Å². The number of nitrogens with one attached hydrogen (secondary N) is 2. The van der Waals surface area contributed by atoms with Crippen molar-refractivity contribution in [1.82, 2.24) is 15.2 Å². The number of carboxylic acid groups (broad SMARTS) is 1. The Labute approximate surface area is 236 Å². The first-order chi connectivity index (χ1) is 19.7. The molecule has 210 valence electrons. The number of amides is 2. The van der Waals surface area contributed by atoms with Gasteiger partial charge in [-0.2, -0.15) is 0 Å². The Kier molecular flexibility index (Phi) is 7.62. The van der Waals surface area contributed by atoms with E-state index >= 15 is 0 Å². The second kappa shape index (κ2) is 11.3. The Balaban J connectivity index is 1.39. The fourth-order valence-corrected chi connectivity index (χ4v) is 5.98. The third-order valence-corrected chi connectivity index (χ3v) is 7.87. The molecule has 1 unspecified atom stereocenters. The Morgan fingerprint density at radius 3 is 2.51 bits per heavy atom. The molecule has 0 bridgehead atoms. The molecule has 2 aliphatic rings. The third-order valence-electron chi connectivity index (χ3n) is 6.53. The lowest BCUT2D eigenvalue weighted by Crippen LogP contribution is -2.71. The van der Waals surface area contributed by atoms with Crippen molar-refractivity contribution in [2.24, 2.45) is 0 Å². The van der Waals surface area contributed by atoms with Gasteiger partial charge < -0.3 is 24.9 Å². The molecule has 3 atom stereocenters. The van der Waals surface area contributed by atoms with Crippen molar-refractivity contribution in [2.75, 3.05) is 12.4 Å². The van der Waals surface area contributed by atoms with Gasteiger partial charge in [0.2, 0.25) is 11.7 Å². The van der Waals surface area contributed by atoms with Crippen LogP contribution in [0, 0.1) is 0 Å². The number of ether oxygens (including phenoxy) is 2. The quantitative estimate of drug-likeness (QED) is 0.264. The molecular formula is C28H23N3O9S. The standard InChI is InChI=1S/C28H23N3O9S/c1-14(32)39-12-16-13-41-26-21(25(35)31(26)22(16)27(36)37)30-24(34)23(15-7-3-2-4-8-15)40-28(38)18-11-20(33)29-19-10-6-5-9-17(18)19/h2-11,21,23,26H,12-13H2,1H3,(H,29,33)(H,30,34)(H,36,37)/t21-,23?,26+/m0/s1. The van der Waals surface area contributed by atoms with Crippen LogP contribution in [0.25, 0.3) is 10.9 Å². The van der Waals surface area contributed by atoms with Gasteiger partial charge in [0.15, 0.2) is 0 Å². The average Bonchev–Trinajstić information content (AvgIpc) is 2.96. The van der Waals surface area contributed by atoms with Crippen molar-refractivity contribution in [2.45, 2.75) is 24.4 Å². The van der Waals surface area contributed by atoms with Gasteiger partial charge in [-0.25, -0.2) is 9.59 Å². The molecule has 2 amide bonds. The second-order valence-corrected chi connectivity index (χ2v) is 10.3. The molecule has 5 rings (SSSR count). The van der Waals surface area contributed by atoms with Crippen LogP contribution in [0.5, 0.6) is 0 Å². The molecular weight excluding hydrogens is 554 g/mol. The van der Waals surface area contributed by atoms with E-state index < -0.39 is 52.8 Å². The van der Waals surface area contributed by atoms with E-state index in [0.717, 1.165) is 11.0 Å². The number of aromatic nitrogens is 1. The number of H-pyrrole nitrogens is 1. The first-order valence-corrected chi connectivity index (χ1v) is 13.4. The maximum atomic E-state index is 13.5. The van der Waals surface area contributed by atoms with E-state index in [-0.39, 0.29) is 29.2 Å². The monoisotopic (exact) mass is 577 g/mol. The molecule has 3 N–H and O–H groups in total. The summed E-state index contributed by atoms with van der Waals surface area (Å²) in [6.07, 6.45) is -1.48. The van der Waals surface area contributed by atoms with Gasteiger partial charge >= 0.3 is 17.9 Å². The Morgan fingerprint density at radius 2 is 1.80 bits per heavy atom. The summed E-state index contributed by atoms with van der Waals surface area (Å²) in [6, 6.07) is 14.8. The molecule has 12 nitrogen and oxygen atoms in total. The lowest BCUT2D eigenvalue weighted by molar-refractivity contribution is -0.152. The summed E-state index contributed by atoms with van der Waals surface area (Å²) < 4.78 is 10.6. The number of para-hydroxylation sites is 1. The van der Waals surface area contributed by atoms with Crippen LogP contribution >= 0.6 is 11.8 Å². The SMILES string of the molecule is CC(=O)OCC1=C(C(=O)O)N2C(=O)[C@H](NC(=O)C(OC(=O)c3cc(=O)[nH]c4ccccc34)c3ccccc3)[C@H]2SC1. The zero-order valence-electron chi connectivity index (χ0n) is 21.5. The molecule has 0 aliphatic carbocycles. The maximum Gasteiger partial charge on any atom is 0.352 e. The highest BCUT2D eigenvalue weighted by molar-refractivity contribution is 8.00. The van der Waals surface area contributed by atoms with E-state index in [1.54, 1.807) is 54.6 Å². The van der Waals surface area contributed by atoms with Crippen molar-refractivity contribution < 1.29 is 38.6 Å². The van der Waals surface area contributed by atoms with Crippen LogP contribution in [0.3, 0.4) is 0 Å². The fraction of sp³-hybridized carbons (Fsp3) is 0.214. The van der Waals surface area contributed by atoms with Crippen LogP contribution in [0.15, 0.2) is 76.7 Å². The highest BCUT2D eigenvalue weighted by Crippen LogP contribution is 2.40. The third kappa shape index (κ3) is 5.43. The zero-order chi connectivity index (χ0) is 29.3. The zero-order valence-corrected chi connectivity index (χ0v) is 22.3. The van der Waals surface area contributed by atoms with Crippen LogP contribution in [0.4, 0.5) is 0 Å². The molecule has 0 spiro atoms. The summed E-state index contributed by atoms with van der Waals surface area (Å²) in [5.41, 5.74) is 0.134. The van der Waals surface area contributed by atoms with Crippen LogP contribution in [-0.4, -0.2) is 68.5 Å². The van der Waals surface area contributed by atoms with Gasteiger partial charge in [0.25, 0.3) is 11.8 Å². The lowest BCUT2D eigenvalue weighted by Gasteiger charge is -2.49. The van der Waals surface area contributed by atoms with Crippen molar-refractivity contribution >= 4 is 52.4 Å². The molecule has 2 aliphatic heterocycles. The summed E-state index contributed by atoms with van der Waals surface area (Å²) in [7, 11) is 0. The molecule has 2 aromatic carbocycles. The maximum absolute atomic E-state index is 13.5. The van der Waals surface area contributed by atoms with E-state index in [0.29, 0.717) is 16.5 Å². The van der Waals surface area contributed by atoms with E-state index in [9.17, 15) is 33.9 Å². The van der Waals surface area contributed by atoms with Gasteiger partial charge in [-0.05, 0) is 6.07 Å². The van der Waals surface area contributed by atoms with Crippen LogP contribution in [0.2, 0.25) is 0 Å². The minimum absolute atomic E-state index is 0.0386. The number of rotatable bonds is 8. The van der Waals surface area contributed by atoms with Gasteiger partial charge in [0.1, 0.15) is 23.7 Å². The van der Waals surface area contributed by atoms with Gasteiger partial charge in [-0.15, -0.1) is 11.8 Å². The van der Waals surface area contributed by atoms with Gasteiger partial charge in [-0.1, -0.05) is 48.5 Å². The molecule has 41 heavy (non-hydrogen) atoms. The normalized spacial score (nSPS) is 18.7. The fourth-order valence-electron chi connectivity index (χ4n) is 4.66. The van der Waals surface area contributed by atoms with Crippen molar-refractivity contribution in [3.8, 4) is 0 Å². The van der Waals surface area contributed by atoms with E-state index in [1.165, 1.54) is 18.7 Å². The van der Waals surface area contributed by atoms with E-state index in [2.05, 4.69) is 10.3 Å². The number of nitrogens with zero attached hydrogens (tertiary/aromatic N) is 1. The summed E-state index contributed by atoms with van der Waals surface area (Å²) in [5, 5.41) is 12.0. The highest BCUT2D eigenvalue weighted by Gasteiger charge is 2.54. The van der Waals surface area contributed by atoms with Crippen LogP contribution in [-0.2, 0) is 28.7 Å². The van der Waals surface area contributed by atoms with Crippen molar-refractivity contribution in [3.05, 3.63) is 93.4 Å². The number of hydrogen-bond acceptors (Lipinski definition) is 9. The second-order valence-electron chi connectivity index (χ2n) is 9.22. The Bertz CT molecular complexity index is 1670. The first-order valence-electron chi connectivity index (χ1n) is 12.4. The highest BCUT2D eigenvalue weighted by atomic mass is 32.2. The topological polar surface area (TPSA) is 172 Å². The minimum Gasteiger partial charge on any atom is -0.477 e. The molecule has 0 radical (unpaired) electrons. The molecule has 1 aromatic heterocycles. The van der Waals surface area contributed by atoms with Gasteiger partial charge in [-0.3, -0.25) is 24.1 Å². The Morgan fingerprint density at radius 1 is 1.10 bits per heavy atom. The molecule has 13 heteroatoms. The number of benzene rings is 2. The number of pyridine rings is 1. The summed E-state index contributed by atoms with van der Waals surface area (Å²) >= 11 is 1.20. The molecule has 0 saturated carbocycles. The number of carbonyl (C=O) groups is 5. The Hall–Kier alpha value is -4.91. The average molecular weight is 578 g/mol.